The fourth-order valence-corrected chi connectivity index (χ4v) is 1.68. The number of aromatic nitrogens is 2. The molecular formula is C13H13N3O2. The van der Waals surface area contributed by atoms with Crippen LogP contribution in [0.1, 0.15) is 10.4 Å². The molecule has 92 valence electrons. The quantitative estimate of drug-likeness (QED) is 0.818. The third-order valence-corrected chi connectivity index (χ3v) is 2.62. The van der Waals surface area contributed by atoms with Gasteiger partial charge in [0.05, 0.1) is 6.20 Å². The molecule has 2 aromatic rings. The van der Waals surface area contributed by atoms with Crippen molar-refractivity contribution in [1.29, 1.82) is 0 Å². The van der Waals surface area contributed by atoms with Crippen LogP contribution >= 0.6 is 0 Å². The molecule has 0 bridgehead atoms. The van der Waals surface area contributed by atoms with E-state index in [9.17, 15) is 9.59 Å². The summed E-state index contributed by atoms with van der Waals surface area (Å²) < 4.78 is 1.54. The molecule has 0 aliphatic carbocycles. The standard InChI is InChI=1S/C13H13N3O2/c1-14-13(18)8-16-7-11(6-15-16)12-5-3-2-4-10(12)9-17/h2-7,9H,8H2,1H3,(H,14,18). The number of hydrogen-bond donors (Lipinski definition) is 1. The molecule has 1 heterocycles. The van der Waals surface area contributed by atoms with E-state index < -0.39 is 0 Å². The first-order valence-corrected chi connectivity index (χ1v) is 5.52. The van der Waals surface area contributed by atoms with Gasteiger partial charge in [-0.1, -0.05) is 24.3 Å². The number of likely N-dealkylation sites (N-methyl/N-ethyl adjacent to an activating group) is 1. The molecule has 1 aromatic heterocycles. The molecule has 0 unspecified atom stereocenters. The first-order valence-electron chi connectivity index (χ1n) is 5.52. The van der Waals surface area contributed by atoms with E-state index >= 15 is 0 Å². The third kappa shape index (κ3) is 2.45. The SMILES string of the molecule is CNC(=O)Cn1cc(-c2ccccc2C=O)cn1. The molecule has 5 heteroatoms. The average molecular weight is 243 g/mol. The minimum Gasteiger partial charge on any atom is -0.358 e. The van der Waals surface area contributed by atoms with Crippen molar-refractivity contribution < 1.29 is 9.59 Å². The van der Waals surface area contributed by atoms with Crippen LogP contribution < -0.4 is 5.32 Å². The van der Waals surface area contributed by atoms with Gasteiger partial charge >= 0.3 is 0 Å². The van der Waals surface area contributed by atoms with Crippen LogP contribution in [0.2, 0.25) is 0 Å². The van der Waals surface area contributed by atoms with E-state index in [2.05, 4.69) is 10.4 Å². The van der Waals surface area contributed by atoms with E-state index in [1.807, 2.05) is 18.2 Å². The molecule has 0 aliphatic rings. The van der Waals surface area contributed by atoms with Crippen molar-refractivity contribution in [2.24, 2.45) is 0 Å². The van der Waals surface area contributed by atoms with E-state index in [4.69, 9.17) is 0 Å². The molecule has 18 heavy (non-hydrogen) atoms. The van der Waals surface area contributed by atoms with Crippen LogP contribution in [0, 0.1) is 0 Å². The Kier molecular flexibility index (Phi) is 3.52. The lowest BCUT2D eigenvalue weighted by Gasteiger charge is -2.01. The minimum absolute atomic E-state index is 0.117. The normalized spacial score (nSPS) is 10.1. The summed E-state index contributed by atoms with van der Waals surface area (Å²) in [6, 6.07) is 7.27. The van der Waals surface area contributed by atoms with Gasteiger partial charge in [0.15, 0.2) is 6.29 Å². The number of carbonyl (C=O) groups excluding carboxylic acids is 2. The fraction of sp³-hybridized carbons (Fsp3) is 0.154. The van der Waals surface area contributed by atoms with Crippen LogP contribution in [0.25, 0.3) is 11.1 Å². The Hall–Kier alpha value is -2.43. The van der Waals surface area contributed by atoms with Gasteiger partial charge in [-0.25, -0.2) is 0 Å². The summed E-state index contributed by atoms with van der Waals surface area (Å²) in [5.74, 6) is -0.117. The Morgan fingerprint density at radius 3 is 2.94 bits per heavy atom. The molecule has 5 nitrogen and oxygen atoms in total. The minimum atomic E-state index is -0.117. The van der Waals surface area contributed by atoms with Gasteiger partial charge in [0.1, 0.15) is 6.54 Å². The summed E-state index contributed by atoms with van der Waals surface area (Å²) in [5.41, 5.74) is 2.24. The van der Waals surface area contributed by atoms with Gasteiger partial charge in [-0.2, -0.15) is 5.10 Å². The maximum Gasteiger partial charge on any atom is 0.241 e. The van der Waals surface area contributed by atoms with Crippen LogP contribution in [0.15, 0.2) is 36.7 Å². The molecule has 0 saturated carbocycles. The summed E-state index contributed by atoms with van der Waals surface area (Å²) in [4.78, 5) is 22.2. The summed E-state index contributed by atoms with van der Waals surface area (Å²) in [5, 5.41) is 6.62. The molecule has 1 amide bonds. The van der Waals surface area contributed by atoms with E-state index in [1.165, 1.54) is 4.68 Å². The predicted molar refractivity (Wildman–Crippen MR) is 67.1 cm³/mol. The van der Waals surface area contributed by atoms with Crippen molar-refractivity contribution in [3.05, 3.63) is 42.2 Å². The molecular weight excluding hydrogens is 230 g/mol. The van der Waals surface area contributed by atoms with Gasteiger partial charge < -0.3 is 5.32 Å². The Balaban J connectivity index is 2.29. The highest BCUT2D eigenvalue weighted by Gasteiger charge is 2.07. The van der Waals surface area contributed by atoms with Crippen molar-refractivity contribution in [2.75, 3.05) is 7.05 Å². The van der Waals surface area contributed by atoms with E-state index in [0.29, 0.717) is 5.56 Å². The molecule has 0 atom stereocenters. The average Bonchev–Trinajstić information content (AvgIpc) is 2.86. The van der Waals surface area contributed by atoms with E-state index in [0.717, 1.165) is 17.4 Å². The number of nitrogens with zero attached hydrogens (tertiary/aromatic N) is 2. The summed E-state index contributed by atoms with van der Waals surface area (Å²) in [7, 11) is 1.58. The van der Waals surface area contributed by atoms with Crippen molar-refractivity contribution >= 4 is 12.2 Å². The number of nitrogens with one attached hydrogen (secondary N) is 1. The van der Waals surface area contributed by atoms with Crippen LogP contribution in [-0.2, 0) is 11.3 Å². The van der Waals surface area contributed by atoms with Gasteiger partial charge in [-0.15, -0.1) is 0 Å². The first kappa shape index (κ1) is 12.0. The summed E-state index contributed by atoms with van der Waals surface area (Å²) in [6.07, 6.45) is 4.20. The zero-order valence-corrected chi connectivity index (χ0v) is 9.96. The maximum absolute atomic E-state index is 11.2. The highest BCUT2D eigenvalue weighted by molar-refractivity contribution is 5.87. The third-order valence-electron chi connectivity index (χ3n) is 2.62. The molecule has 1 N–H and O–H groups in total. The predicted octanol–water partition coefficient (Wildman–Crippen LogP) is 1.11. The van der Waals surface area contributed by atoms with Crippen LogP contribution in [-0.4, -0.2) is 29.0 Å². The number of rotatable bonds is 4. The topological polar surface area (TPSA) is 64.0 Å². The molecule has 0 fully saturated rings. The molecule has 0 spiro atoms. The van der Waals surface area contributed by atoms with Gasteiger partial charge in [-0.3, -0.25) is 14.3 Å². The maximum atomic E-state index is 11.2. The number of hydrogen-bond acceptors (Lipinski definition) is 3. The van der Waals surface area contributed by atoms with Gasteiger partial charge in [-0.05, 0) is 5.56 Å². The Morgan fingerprint density at radius 1 is 1.44 bits per heavy atom. The molecule has 0 radical (unpaired) electrons. The highest BCUT2D eigenvalue weighted by Crippen LogP contribution is 2.21. The zero-order chi connectivity index (χ0) is 13.0. The molecule has 0 saturated heterocycles. The lowest BCUT2D eigenvalue weighted by atomic mass is 10.0. The molecule has 1 aromatic carbocycles. The van der Waals surface area contributed by atoms with Gasteiger partial charge in [0, 0.05) is 24.4 Å². The van der Waals surface area contributed by atoms with Crippen LogP contribution in [0.5, 0.6) is 0 Å². The first-order chi connectivity index (χ1) is 8.74. The summed E-state index contributed by atoms with van der Waals surface area (Å²) in [6.45, 7) is 0.166. The second kappa shape index (κ2) is 5.27. The van der Waals surface area contributed by atoms with Crippen LogP contribution in [0.4, 0.5) is 0 Å². The molecule has 2 rings (SSSR count). The van der Waals surface area contributed by atoms with Crippen LogP contribution in [0.3, 0.4) is 0 Å². The van der Waals surface area contributed by atoms with Gasteiger partial charge in [0.25, 0.3) is 0 Å². The zero-order valence-electron chi connectivity index (χ0n) is 9.96. The van der Waals surface area contributed by atoms with Crippen molar-refractivity contribution in [3.63, 3.8) is 0 Å². The number of carbonyl (C=O) groups is 2. The number of amides is 1. The second-order valence-corrected chi connectivity index (χ2v) is 3.80. The fourth-order valence-electron chi connectivity index (χ4n) is 1.68. The monoisotopic (exact) mass is 243 g/mol. The van der Waals surface area contributed by atoms with E-state index in [-0.39, 0.29) is 12.5 Å². The highest BCUT2D eigenvalue weighted by atomic mass is 16.1. The largest absolute Gasteiger partial charge is 0.358 e. The Labute approximate surface area is 104 Å². The summed E-state index contributed by atoms with van der Waals surface area (Å²) >= 11 is 0. The lowest BCUT2D eigenvalue weighted by molar-refractivity contribution is -0.121. The molecule has 0 aliphatic heterocycles. The van der Waals surface area contributed by atoms with E-state index in [1.54, 1.807) is 25.5 Å². The Morgan fingerprint density at radius 2 is 2.22 bits per heavy atom. The van der Waals surface area contributed by atoms with Crippen molar-refractivity contribution in [2.45, 2.75) is 6.54 Å². The van der Waals surface area contributed by atoms with Crippen molar-refractivity contribution in [1.82, 2.24) is 15.1 Å². The Bertz CT molecular complexity index is 575. The number of benzene rings is 1. The second-order valence-electron chi connectivity index (χ2n) is 3.80. The lowest BCUT2D eigenvalue weighted by Crippen LogP contribution is -2.23. The van der Waals surface area contributed by atoms with Crippen molar-refractivity contribution in [3.8, 4) is 11.1 Å². The van der Waals surface area contributed by atoms with Gasteiger partial charge in [0.2, 0.25) is 5.91 Å². The number of aldehydes is 1. The smallest absolute Gasteiger partial charge is 0.241 e.